The van der Waals surface area contributed by atoms with Gasteiger partial charge in [0.1, 0.15) is 10.7 Å². The molecule has 0 saturated carbocycles. The Morgan fingerprint density at radius 3 is 2.65 bits per heavy atom. The van der Waals surface area contributed by atoms with Gasteiger partial charge in [-0.05, 0) is 31.9 Å². The smallest absolute Gasteiger partial charge is 0.208 e. The molecule has 1 unspecified atom stereocenters. The Morgan fingerprint density at radius 1 is 1.41 bits per heavy atom. The summed E-state index contributed by atoms with van der Waals surface area (Å²) in [7, 11) is -3.76. The predicted octanol–water partition coefficient (Wildman–Crippen LogP) is 2.67. The van der Waals surface area contributed by atoms with Crippen LogP contribution in [0.15, 0.2) is 29.2 Å². The van der Waals surface area contributed by atoms with E-state index >= 15 is 0 Å². The topological polar surface area (TPSA) is 46.2 Å². The van der Waals surface area contributed by atoms with Crippen molar-refractivity contribution in [2.45, 2.75) is 30.7 Å². The van der Waals surface area contributed by atoms with Crippen LogP contribution in [-0.2, 0) is 10.0 Å². The number of hydrogen-bond acceptors (Lipinski definition) is 2. The van der Waals surface area contributed by atoms with Crippen LogP contribution in [0.4, 0.5) is 4.39 Å². The van der Waals surface area contributed by atoms with Gasteiger partial charge in [-0.3, -0.25) is 0 Å². The molecule has 1 aromatic rings. The molecule has 1 aromatic carbocycles. The van der Waals surface area contributed by atoms with Crippen molar-refractivity contribution in [1.29, 1.82) is 0 Å². The number of alkyl halides is 1. The standard InChI is InChI=1S/C11H15BrFNO2S/c1-9(5-4-8-12)14-17(15,16)11-7-3-2-6-10(11)13/h2-3,6-7,9,14H,4-5,8H2,1H3. The van der Waals surface area contributed by atoms with Crippen LogP contribution >= 0.6 is 15.9 Å². The van der Waals surface area contributed by atoms with Crippen LogP contribution in [0.2, 0.25) is 0 Å². The van der Waals surface area contributed by atoms with Gasteiger partial charge in [0.2, 0.25) is 10.0 Å². The second kappa shape index (κ2) is 6.47. The van der Waals surface area contributed by atoms with Crippen LogP contribution in [0.3, 0.4) is 0 Å². The van der Waals surface area contributed by atoms with Crippen molar-refractivity contribution in [3.05, 3.63) is 30.1 Å². The molecule has 1 atom stereocenters. The molecule has 1 N–H and O–H groups in total. The van der Waals surface area contributed by atoms with Crippen LogP contribution in [0.5, 0.6) is 0 Å². The third-order valence-electron chi connectivity index (χ3n) is 2.25. The molecule has 0 aliphatic heterocycles. The second-order valence-corrected chi connectivity index (χ2v) is 6.26. The molecule has 0 saturated heterocycles. The highest BCUT2D eigenvalue weighted by Crippen LogP contribution is 2.14. The Hall–Kier alpha value is -0.460. The summed E-state index contributed by atoms with van der Waals surface area (Å²) in [6.45, 7) is 1.76. The highest BCUT2D eigenvalue weighted by molar-refractivity contribution is 9.09. The number of hydrogen-bond donors (Lipinski definition) is 1. The van der Waals surface area contributed by atoms with Gasteiger partial charge in [-0.25, -0.2) is 17.5 Å². The van der Waals surface area contributed by atoms with Crippen molar-refractivity contribution in [1.82, 2.24) is 4.72 Å². The monoisotopic (exact) mass is 323 g/mol. The summed E-state index contributed by atoms with van der Waals surface area (Å²) in [5.74, 6) is -0.729. The minimum atomic E-state index is -3.76. The van der Waals surface area contributed by atoms with Crippen LogP contribution < -0.4 is 4.72 Å². The van der Waals surface area contributed by atoms with Gasteiger partial charge in [-0.1, -0.05) is 28.1 Å². The van der Waals surface area contributed by atoms with Gasteiger partial charge in [0.25, 0.3) is 0 Å². The van der Waals surface area contributed by atoms with E-state index in [-0.39, 0.29) is 10.9 Å². The van der Waals surface area contributed by atoms with Crippen LogP contribution in [0.25, 0.3) is 0 Å². The summed E-state index contributed by atoms with van der Waals surface area (Å²) >= 11 is 3.28. The zero-order valence-corrected chi connectivity index (χ0v) is 11.9. The summed E-state index contributed by atoms with van der Waals surface area (Å²) < 4.78 is 39.5. The fraction of sp³-hybridized carbons (Fsp3) is 0.455. The molecule has 96 valence electrons. The second-order valence-electron chi connectivity index (χ2n) is 3.78. The van der Waals surface area contributed by atoms with E-state index in [2.05, 4.69) is 20.7 Å². The first-order valence-corrected chi connectivity index (χ1v) is 7.90. The van der Waals surface area contributed by atoms with Gasteiger partial charge < -0.3 is 0 Å². The van der Waals surface area contributed by atoms with Crippen LogP contribution in [0, 0.1) is 5.82 Å². The molecule has 0 spiro atoms. The first-order chi connectivity index (χ1) is 7.97. The minimum Gasteiger partial charge on any atom is -0.208 e. The maximum absolute atomic E-state index is 13.4. The molecule has 3 nitrogen and oxygen atoms in total. The molecule has 0 heterocycles. The third-order valence-corrected chi connectivity index (χ3v) is 4.44. The first kappa shape index (κ1) is 14.6. The van der Waals surface area contributed by atoms with Gasteiger partial charge in [0.15, 0.2) is 0 Å². The third kappa shape index (κ3) is 4.37. The van der Waals surface area contributed by atoms with Crippen LogP contribution in [-0.4, -0.2) is 19.8 Å². The van der Waals surface area contributed by atoms with E-state index in [4.69, 9.17) is 0 Å². The van der Waals surface area contributed by atoms with E-state index in [1.165, 1.54) is 18.2 Å². The Balaban J connectivity index is 2.79. The zero-order valence-electron chi connectivity index (χ0n) is 9.49. The van der Waals surface area contributed by atoms with E-state index in [1.807, 2.05) is 0 Å². The number of sulfonamides is 1. The Labute approximate surface area is 110 Å². The molecule has 17 heavy (non-hydrogen) atoms. The number of halogens is 2. The van der Waals surface area contributed by atoms with Gasteiger partial charge in [0, 0.05) is 11.4 Å². The molecule has 0 radical (unpaired) electrons. The molecule has 1 rings (SSSR count). The predicted molar refractivity (Wildman–Crippen MR) is 69.2 cm³/mol. The lowest BCUT2D eigenvalue weighted by Gasteiger charge is -2.13. The number of nitrogens with one attached hydrogen (secondary N) is 1. The summed E-state index contributed by atoms with van der Waals surface area (Å²) in [5.41, 5.74) is 0. The van der Waals surface area contributed by atoms with E-state index in [1.54, 1.807) is 6.92 Å². The van der Waals surface area contributed by atoms with Gasteiger partial charge in [-0.2, -0.15) is 0 Å². The molecular weight excluding hydrogens is 309 g/mol. The molecule has 0 amide bonds. The average molecular weight is 324 g/mol. The maximum atomic E-state index is 13.4. The summed E-state index contributed by atoms with van der Waals surface area (Å²) in [6.07, 6.45) is 1.57. The molecular formula is C11H15BrFNO2S. The Kier molecular flexibility index (Phi) is 5.55. The Bertz CT molecular complexity index is 464. The van der Waals surface area contributed by atoms with Crippen molar-refractivity contribution in [3.63, 3.8) is 0 Å². The van der Waals surface area contributed by atoms with Gasteiger partial charge in [0.05, 0.1) is 0 Å². The quantitative estimate of drug-likeness (QED) is 0.818. The summed E-state index contributed by atoms with van der Waals surface area (Å²) in [6, 6.07) is 5.15. The van der Waals surface area contributed by atoms with Crippen molar-refractivity contribution in [2.24, 2.45) is 0 Å². The van der Waals surface area contributed by atoms with Gasteiger partial charge in [-0.15, -0.1) is 0 Å². The summed E-state index contributed by atoms with van der Waals surface area (Å²) in [4.78, 5) is -0.300. The van der Waals surface area contributed by atoms with Crippen LogP contribution in [0.1, 0.15) is 19.8 Å². The molecule has 0 fully saturated rings. The van der Waals surface area contributed by atoms with E-state index in [0.717, 1.165) is 17.8 Å². The highest BCUT2D eigenvalue weighted by atomic mass is 79.9. The normalized spacial score (nSPS) is 13.6. The lowest BCUT2D eigenvalue weighted by atomic mass is 10.2. The van der Waals surface area contributed by atoms with E-state index < -0.39 is 15.8 Å². The maximum Gasteiger partial charge on any atom is 0.243 e. The molecule has 0 aliphatic carbocycles. The summed E-state index contributed by atoms with van der Waals surface area (Å²) in [5, 5.41) is 0.818. The van der Waals surface area contributed by atoms with Crippen molar-refractivity contribution >= 4 is 26.0 Å². The van der Waals surface area contributed by atoms with E-state index in [0.29, 0.717) is 6.42 Å². The molecule has 0 bridgehead atoms. The number of rotatable bonds is 6. The van der Waals surface area contributed by atoms with Crippen molar-refractivity contribution in [2.75, 3.05) is 5.33 Å². The number of benzene rings is 1. The lowest BCUT2D eigenvalue weighted by molar-refractivity contribution is 0.532. The average Bonchev–Trinajstić information content (AvgIpc) is 2.26. The molecule has 0 aliphatic rings. The molecule has 0 aromatic heterocycles. The fourth-order valence-electron chi connectivity index (χ4n) is 1.43. The minimum absolute atomic E-state index is 0.211. The lowest BCUT2D eigenvalue weighted by Crippen LogP contribution is -2.33. The van der Waals surface area contributed by atoms with E-state index in [9.17, 15) is 12.8 Å². The Morgan fingerprint density at radius 2 is 2.06 bits per heavy atom. The fourth-order valence-corrected chi connectivity index (χ4v) is 3.11. The van der Waals surface area contributed by atoms with Gasteiger partial charge >= 0.3 is 0 Å². The van der Waals surface area contributed by atoms with Crippen molar-refractivity contribution in [3.8, 4) is 0 Å². The zero-order chi connectivity index (χ0) is 12.9. The SMILES string of the molecule is CC(CCCBr)NS(=O)(=O)c1ccccc1F. The first-order valence-electron chi connectivity index (χ1n) is 5.30. The largest absolute Gasteiger partial charge is 0.243 e. The van der Waals surface area contributed by atoms with Crippen molar-refractivity contribution < 1.29 is 12.8 Å². The highest BCUT2D eigenvalue weighted by Gasteiger charge is 2.20. The molecule has 6 heteroatoms.